The average Bonchev–Trinajstić information content (AvgIpc) is 3.31. The SMILES string of the molecule is C[C@@H]1CN(C(=O)Nc2ccc3[nH]c(C(=O)N4CCN(c5ncccc5NC(C)(C)C)CC4)cc3c2)C[C@H](C)N1. The van der Waals surface area contributed by atoms with Crippen LogP contribution in [0.4, 0.5) is 22.0 Å². The molecule has 208 valence electrons. The molecule has 0 saturated carbocycles. The first-order valence-corrected chi connectivity index (χ1v) is 13.8. The van der Waals surface area contributed by atoms with Crippen LogP contribution in [0, 0.1) is 0 Å². The third-order valence-corrected chi connectivity index (χ3v) is 7.11. The molecule has 10 heteroatoms. The molecule has 4 heterocycles. The Bertz CT molecular complexity index is 1330. The number of H-pyrrole nitrogens is 1. The molecule has 2 aromatic heterocycles. The van der Waals surface area contributed by atoms with Crippen molar-refractivity contribution < 1.29 is 9.59 Å². The number of pyridine rings is 1. The second-order valence-electron chi connectivity index (χ2n) is 11.8. The zero-order valence-electron chi connectivity index (χ0n) is 23.5. The fraction of sp³-hybridized carbons (Fsp3) is 0.483. The number of nitrogens with zero attached hydrogens (tertiary/aromatic N) is 4. The van der Waals surface area contributed by atoms with Crippen molar-refractivity contribution in [2.45, 2.75) is 52.2 Å². The summed E-state index contributed by atoms with van der Waals surface area (Å²) in [5.74, 6) is 0.902. The summed E-state index contributed by atoms with van der Waals surface area (Å²) in [6, 6.07) is 12.0. The normalized spacial score (nSPS) is 20.3. The van der Waals surface area contributed by atoms with Gasteiger partial charge in [-0.2, -0.15) is 0 Å². The van der Waals surface area contributed by atoms with E-state index in [0.717, 1.165) is 22.4 Å². The van der Waals surface area contributed by atoms with Crippen LogP contribution < -0.4 is 20.9 Å². The number of anilines is 3. The van der Waals surface area contributed by atoms with Gasteiger partial charge in [-0.25, -0.2) is 9.78 Å². The summed E-state index contributed by atoms with van der Waals surface area (Å²) in [5, 5.41) is 10.9. The van der Waals surface area contributed by atoms with Crippen molar-refractivity contribution in [2.24, 2.45) is 0 Å². The molecular formula is C29H40N8O2. The second kappa shape index (κ2) is 10.8. The Morgan fingerprint density at radius 3 is 2.38 bits per heavy atom. The van der Waals surface area contributed by atoms with E-state index < -0.39 is 0 Å². The number of piperazine rings is 2. The van der Waals surface area contributed by atoms with E-state index in [9.17, 15) is 9.59 Å². The predicted molar refractivity (Wildman–Crippen MR) is 157 cm³/mol. The largest absolute Gasteiger partial charge is 0.377 e. The molecule has 0 bridgehead atoms. The summed E-state index contributed by atoms with van der Waals surface area (Å²) in [7, 11) is 0. The standard InChI is InChI=1S/C29H40N8O2/c1-19-17-37(18-20(2)31-19)28(39)32-22-8-9-23-21(15-22)16-25(33-23)27(38)36-13-11-35(12-14-36)26-24(7-6-10-30-26)34-29(3,4)5/h6-10,15-16,19-20,31,33-34H,11-14,17-18H2,1-5H3,(H,32,39)/t19-,20+. The van der Waals surface area contributed by atoms with Crippen LogP contribution in [0.5, 0.6) is 0 Å². The van der Waals surface area contributed by atoms with Gasteiger partial charge in [0.1, 0.15) is 5.69 Å². The molecule has 2 saturated heterocycles. The third kappa shape index (κ3) is 6.27. The second-order valence-corrected chi connectivity index (χ2v) is 11.8. The van der Waals surface area contributed by atoms with Crippen LogP contribution in [0.3, 0.4) is 0 Å². The molecule has 39 heavy (non-hydrogen) atoms. The van der Waals surface area contributed by atoms with Gasteiger partial charge in [0.15, 0.2) is 5.82 Å². The molecule has 3 aromatic rings. The van der Waals surface area contributed by atoms with E-state index in [0.29, 0.717) is 50.6 Å². The van der Waals surface area contributed by atoms with Crippen LogP contribution in [0.1, 0.15) is 45.1 Å². The molecule has 0 spiro atoms. The number of benzene rings is 1. The highest BCUT2D eigenvalue weighted by atomic mass is 16.2. The third-order valence-electron chi connectivity index (χ3n) is 7.11. The van der Waals surface area contributed by atoms with Gasteiger partial charge >= 0.3 is 6.03 Å². The highest BCUT2D eigenvalue weighted by molar-refractivity contribution is 6.00. The molecule has 4 N–H and O–H groups in total. The van der Waals surface area contributed by atoms with Crippen LogP contribution in [-0.2, 0) is 0 Å². The smallest absolute Gasteiger partial charge is 0.321 e. The van der Waals surface area contributed by atoms with Crippen molar-refractivity contribution in [3.05, 3.63) is 48.3 Å². The highest BCUT2D eigenvalue weighted by Crippen LogP contribution is 2.27. The van der Waals surface area contributed by atoms with Crippen LogP contribution in [0.25, 0.3) is 10.9 Å². The summed E-state index contributed by atoms with van der Waals surface area (Å²) in [6.07, 6.45) is 1.81. The van der Waals surface area contributed by atoms with Gasteiger partial charge in [-0.1, -0.05) is 0 Å². The molecular weight excluding hydrogens is 492 g/mol. The lowest BCUT2D eigenvalue weighted by atomic mass is 10.1. The van der Waals surface area contributed by atoms with Crippen LogP contribution in [0.2, 0.25) is 0 Å². The molecule has 1 aromatic carbocycles. The molecule has 3 amide bonds. The molecule has 5 rings (SSSR count). The first-order chi connectivity index (χ1) is 18.6. The number of urea groups is 1. The van der Waals surface area contributed by atoms with Gasteiger partial charge in [-0.05, 0) is 71.0 Å². The van der Waals surface area contributed by atoms with Gasteiger partial charge < -0.3 is 35.6 Å². The van der Waals surface area contributed by atoms with Gasteiger partial charge in [0.2, 0.25) is 0 Å². The number of carbonyl (C=O) groups excluding carboxylic acids is 2. The molecule has 0 unspecified atom stereocenters. The molecule has 0 radical (unpaired) electrons. The van der Waals surface area contributed by atoms with E-state index in [2.05, 4.69) is 71.5 Å². The average molecular weight is 533 g/mol. The van der Waals surface area contributed by atoms with Crippen LogP contribution in [0.15, 0.2) is 42.6 Å². The fourth-order valence-electron chi connectivity index (χ4n) is 5.46. The molecule has 2 atom stereocenters. The minimum Gasteiger partial charge on any atom is -0.377 e. The quantitative estimate of drug-likeness (QED) is 0.405. The van der Waals surface area contributed by atoms with Gasteiger partial charge in [0.25, 0.3) is 5.91 Å². The summed E-state index contributed by atoms with van der Waals surface area (Å²) in [6.45, 7) is 14.5. The van der Waals surface area contributed by atoms with Gasteiger partial charge in [-0.3, -0.25) is 4.79 Å². The Morgan fingerprint density at radius 2 is 1.69 bits per heavy atom. The van der Waals surface area contributed by atoms with Gasteiger partial charge in [0.05, 0.1) is 5.69 Å². The number of carbonyl (C=O) groups is 2. The minimum absolute atomic E-state index is 0.0192. The number of aromatic nitrogens is 2. The van der Waals surface area contributed by atoms with Crippen molar-refractivity contribution in [1.29, 1.82) is 0 Å². The van der Waals surface area contributed by atoms with Crippen molar-refractivity contribution >= 4 is 40.0 Å². The van der Waals surface area contributed by atoms with Crippen LogP contribution >= 0.6 is 0 Å². The lowest BCUT2D eigenvalue weighted by molar-refractivity contribution is 0.0741. The molecule has 2 aliphatic rings. The maximum absolute atomic E-state index is 13.4. The molecule has 0 aliphatic carbocycles. The van der Waals surface area contributed by atoms with Gasteiger partial charge in [-0.15, -0.1) is 0 Å². The maximum atomic E-state index is 13.4. The monoisotopic (exact) mass is 532 g/mol. The Labute approximate surface area is 230 Å². The van der Waals surface area contributed by atoms with Crippen molar-refractivity contribution in [3.8, 4) is 0 Å². The topological polar surface area (TPSA) is 109 Å². The number of rotatable bonds is 4. The Hall–Kier alpha value is -3.79. The Balaban J connectivity index is 1.22. The Morgan fingerprint density at radius 1 is 0.974 bits per heavy atom. The highest BCUT2D eigenvalue weighted by Gasteiger charge is 2.27. The van der Waals surface area contributed by atoms with E-state index in [1.54, 1.807) is 0 Å². The predicted octanol–water partition coefficient (Wildman–Crippen LogP) is 3.95. The van der Waals surface area contributed by atoms with Crippen molar-refractivity contribution in [3.63, 3.8) is 0 Å². The lowest BCUT2D eigenvalue weighted by Crippen LogP contribution is -2.56. The fourth-order valence-corrected chi connectivity index (χ4v) is 5.46. The Kier molecular flexibility index (Phi) is 7.40. The first-order valence-electron chi connectivity index (χ1n) is 13.8. The van der Waals surface area contributed by atoms with E-state index in [-0.39, 0.29) is 29.6 Å². The number of fused-ring (bicyclic) bond motifs is 1. The maximum Gasteiger partial charge on any atom is 0.321 e. The van der Waals surface area contributed by atoms with E-state index >= 15 is 0 Å². The summed E-state index contributed by atoms with van der Waals surface area (Å²) in [4.78, 5) is 40.1. The minimum atomic E-state index is -0.104. The van der Waals surface area contributed by atoms with Crippen molar-refractivity contribution in [2.75, 3.05) is 54.8 Å². The zero-order chi connectivity index (χ0) is 27.7. The molecule has 2 aliphatic heterocycles. The zero-order valence-corrected chi connectivity index (χ0v) is 23.5. The van der Waals surface area contributed by atoms with E-state index in [1.165, 1.54) is 0 Å². The summed E-state index contributed by atoms with van der Waals surface area (Å²) < 4.78 is 0. The number of hydrogen-bond donors (Lipinski definition) is 4. The summed E-state index contributed by atoms with van der Waals surface area (Å²) >= 11 is 0. The van der Waals surface area contributed by atoms with Gasteiger partial charge in [0, 0.05) is 79.7 Å². The van der Waals surface area contributed by atoms with Crippen LogP contribution in [-0.4, -0.2) is 88.6 Å². The van der Waals surface area contributed by atoms with E-state index in [1.807, 2.05) is 46.3 Å². The van der Waals surface area contributed by atoms with E-state index in [4.69, 9.17) is 0 Å². The van der Waals surface area contributed by atoms with Crippen molar-refractivity contribution in [1.82, 2.24) is 25.1 Å². The number of aromatic amines is 1. The molecule has 10 nitrogen and oxygen atoms in total. The lowest BCUT2D eigenvalue weighted by Gasteiger charge is -2.36. The summed E-state index contributed by atoms with van der Waals surface area (Å²) in [5.41, 5.74) is 3.07. The first kappa shape index (κ1) is 26.8. The number of amides is 3. The molecule has 2 fully saturated rings. The number of nitrogens with one attached hydrogen (secondary N) is 4. The number of hydrogen-bond acceptors (Lipinski definition) is 6.